The number of likely N-dealkylation sites (N-methyl/N-ethyl adjacent to an activating group) is 1. The first kappa shape index (κ1) is 11.5. The van der Waals surface area contributed by atoms with Crippen LogP contribution in [0.4, 0.5) is 0 Å². The van der Waals surface area contributed by atoms with E-state index in [9.17, 15) is 0 Å². The van der Waals surface area contributed by atoms with Crippen molar-refractivity contribution in [1.29, 1.82) is 0 Å². The van der Waals surface area contributed by atoms with Crippen LogP contribution < -0.4 is 10.1 Å². The van der Waals surface area contributed by atoms with Crippen molar-refractivity contribution in [1.82, 2.24) is 5.32 Å². The van der Waals surface area contributed by atoms with Gasteiger partial charge in [-0.3, -0.25) is 0 Å². The van der Waals surface area contributed by atoms with E-state index in [0.717, 1.165) is 18.1 Å². The van der Waals surface area contributed by atoms with E-state index in [1.165, 1.54) is 24.8 Å². The lowest BCUT2D eigenvalue weighted by Gasteiger charge is -2.33. The average Bonchev–Trinajstić information content (AvgIpc) is 2.26. The number of ether oxygens (including phenoxy) is 1. The molecule has 0 bridgehead atoms. The monoisotopic (exact) mass is 219 g/mol. The van der Waals surface area contributed by atoms with Crippen LogP contribution in [0.3, 0.4) is 0 Å². The standard InChI is InChI=1S/C14H21NO/c1-15-14(12-6-4-7-12)10-11-5-3-8-13(9-11)16-2/h3,5,8-9,12,14-15H,4,6-7,10H2,1-2H3. The van der Waals surface area contributed by atoms with E-state index in [-0.39, 0.29) is 0 Å². The first-order chi connectivity index (χ1) is 7.83. The Bertz CT molecular complexity index is 333. The summed E-state index contributed by atoms with van der Waals surface area (Å²) in [5.74, 6) is 1.83. The molecule has 0 aromatic heterocycles. The molecule has 0 amide bonds. The summed E-state index contributed by atoms with van der Waals surface area (Å²) in [6.07, 6.45) is 5.28. The molecule has 1 aliphatic carbocycles. The zero-order valence-corrected chi connectivity index (χ0v) is 10.2. The highest BCUT2D eigenvalue weighted by molar-refractivity contribution is 5.29. The minimum absolute atomic E-state index is 0.626. The van der Waals surface area contributed by atoms with E-state index >= 15 is 0 Å². The lowest BCUT2D eigenvalue weighted by Crippen LogP contribution is -2.39. The zero-order chi connectivity index (χ0) is 11.4. The van der Waals surface area contributed by atoms with Crippen molar-refractivity contribution in [2.75, 3.05) is 14.2 Å². The van der Waals surface area contributed by atoms with Gasteiger partial charge in [-0.2, -0.15) is 0 Å². The summed E-state index contributed by atoms with van der Waals surface area (Å²) in [5.41, 5.74) is 1.37. The molecule has 0 heterocycles. The Labute approximate surface area is 98.0 Å². The second-order valence-corrected chi connectivity index (χ2v) is 4.64. The van der Waals surface area contributed by atoms with Crippen LogP contribution in [0, 0.1) is 5.92 Å². The van der Waals surface area contributed by atoms with Crippen molar-refractivity contribution in [2.24, 2.45) is 5.92 Å². The van der Waals surface area contributed by atoms with Gasteiger partial charge < -0.3 is 10.1 Å². The summed E-state index contributed by atoms with van der Waals surface area (Å²) in [6, 6.07) is 9.03. The van der Waals surface area contributed by atoms with Gasteiger partial charge in [-0.15, -0.1) is 0 Å². The van der Waals surface area contributed by atoms with E-state index in [4.69, 9.17) is 4.74 Å². The van der Waals surface area contributed by atoms with Gasteiger partial charge in [-0.05, 0) is 49.9 Å². The van der Waals surface area contributed by atoms with Gasteiger partial charge in [-0.1, -0.05) is 18.6 Å². The van der Waals surface area contributed by atoms with E-state index in [1.54, 1.807) is 7.11 Å². The SMILES string of the molecule is CNC(Cc1cccc(OC)c1)C1CCC1. The number of hydrogen-bond donors (Lipinski definition) is 1. The lowest BCUT2D eigenvalue weighted by atomic mass is 9.78. The van der Waals surface area contributed by atoms with Crippen LogP contribution in [0.2, 0.25) is 0 Å². The number of nitrogens with one attached hydrogen (secondary N) is 1. The van der Waals surface area contributed by atoms with E-state index in [1.807, 2.05) is 6.07 Å². The minimum Gasteiger partial charge on any atom is -0.497 e. The van der Waals surface area contributed by atoms with Crippen LogP contribution in [-0.4, -0.2) is 20.2 Å². The molecule has 1 fully saturated rings. The highest BCUT2D eigenvalue weighted by Gasteiger charge is 2.25. The van der Waals surface area contributed by atoms with Crippen LogP contribution in [0.25, 0.3) is 0 Å². The Morgan fingerprint density at radius 2 is 2.25 bits per heavy atom. The third-order valence-electron chi connectivity index (χ3n) is 3.68. The van der Waals surface area contributed by atoms with Crippen molar-refractivity contribution >= 4 is 0 Å². The third kappa shape index (κ3) is 2.56. The summed E-state index contributed by atoms with van der Waals surface area (Å²) >= 11 is 0. The summed E-state index contributed by atoms with van der Waals surface area (Å²) in [6.45, 7) is 0. The first-order valence-electron chi connectivity index (χ1n) is 6.13. The molecule has 1 N–H and O–H groups in total. The molecule has 1 aliphatic rings. The Balaban J connectivity index is 2.00. The molecule has 0 aliphatic heterocycles. The van der Waals surface area contributed by atoms with E-state index in [0.29, 0.717) is 6.04 Å². The van der Waals surface area contributed by atoms with Crippen molar-refractivity contribution in [3.8, 4) is 5.75 Å². The zero-order valence-electron chi connectivity index (χ0n) is 10.2. The van der Waals surface area contributed by atoms with E-state index in [2.05, 4.69) is 30.6 Å². The van der Waals surface area contributed by atoms with Gasteiger partial charge in [0.05, 0.1) is 7.11 Å². The van der Waals surface area contributed by atoms with Crippen molar-refractivity contribution < 1.29 is 4.74 Å². The predicted molar refractivity (Wildman–Crippen MR) is 66.9 cm³/mol. The van der Waals surface area contributed by atoms with Gasteiger partial charge >= 0.3 is 0 Å². The highest BCUT2D eigenvalue weighted by atomic mass is 16.5. The average molecular weight is 219 g/mol. The molecule has 2 heteroatoms. The Morgan fingerprint density at radius 3 is 2.81 bits per heavy atom. The quantitative estimate of drug-likeness (QED) is 0.822. The fourth-order valence-electron chi connectivity index (χ4n) is 2.40. The normalized spacial score (nSPS) is 17.9. The Hall–Kier alpha value is -1.02. The fourth-order valence-corrected chi connectivity index (χ4v) is 2.40. The van der Waals surface area contributed by atoms with E-state index < -0.39 is 0 Å². The molecule has 16 heavy (non-hydrogen) atoms. The van der Waals surface area contributed by atoms with Gasteiger partial charge in [0.15, 0.2) is 0 Å². The van der Waals surface area contributed by atoms with Crippen molar-refractivity contribution in [2.45, 2.75) is 31.7 Å². The molecule has 88 valence electrons. The first-order valence-corrected chi connectivity index (χ1v) is 6.13. The highest BCUT2D eigenvalue weighted by Crippen LogP contribution is 2.31. The number of benzene rings is 1. The molecule has 2 rings (SSSR count). The predicted octanol–water partition coefficient (Wildman–Crippen LogP) is 2.63. The minimum atomic E-state index is 0.626. The van der Waals surface area contributed by atoms with Gasteiger partial charge in [0.1, 0.15) is 5.75 Å². The number of methoxy groups -OCH3 is 1. The maximum Gasteiger partial charge on any atom is 0.119 e. The van der Waals surface area contributed by atoms with Crippen molar-refractivity contribution in [3.05, 3.63) is 29.8 Å². The van der Waals surface area contributed by atoms with Crippen LogP contribution in [-0.2, 0) is 6.42 Å². The topological polar surface area (TPSA) is 21.3 Å². The number of hydrogen-bond acceptors (Lipinski definition) is 2. The van der Waals surface area contributed by atoms with Gasteiger partial charge in [0.2, 0.25) is 0 Å². The fraction of sp³-hybridized carbons (Fsp3) is 0.571. The molecule has 2 nitrogen and oxygen atoms in total. The molecular weight excluding hydrogens is 198 g/mol. The molecular formula is C14H21NO. The van der Waals surface area contributed by atoms with Crippen LogP contribution >= 0.6 is 0 Å². The van der Waals surface area contributed by atoms with Crippen LogP contribution in [0.1, 0.15) is 24.8 Å². The molecule has 1 aromatic rings. The smallest absolute Gasteiger partial charge is 0.119 e. The van der Waals surface area contributed by atoms with Gasteiger partial charge in [0.25, 0.3) is 0 Å². The summed E-state index contributed by atoms with van der Waals surface area (Å²) in [7, 11) is 3.80. The molecule has 0 spiro atoms. The maximum absolute atomic E-state index is 5.25. The largest absolute Gasteiger partial charge is 0.497 e. The summed E-state index contributed by atoms with van der Waals surface area (Å²) in [4.78, 5) is 0. The second-order valence-electron chi connectivity index (χ2n) is 4.64. The second kappa shape index (κ2) is 5.35. The Kier molecular flexibility index (Phi) is 3.83. The lowest BCUT2D eigenvalue weighted by molar-refractivity contribution is 0.235. The van der Waals surface area contributed by atoms with Gasteiger partial charge in [-0.25, -0.2) is 0 Å². The van der Waals surface area contributed by atoms with Crippen molar-refractivity contribution in [3.63, 3.8) is 0 Å². The summed E-state index contributed by atoms with van der Waals surface area (Å²) in [5, 5.41) is 3.45. The Morgan fingerprint density at radius 1 is 1.44 bits per heavy atom. The molecule has 1 saturated carbocycles. The molecule has 1 atom stereocenters. The molecule has 1 unspecified atom stereocenters. The molecule has 1 aromatic carbocycles. The van der Waals surface area contributed by atoms with Crippen LogP contribution in [0.15, 0.2) is 24.3 Å². The molecule has 0 radical (unpaired) electrons. The molecule has 0 saturated heterocycles. The van der Waals surface area contributed by atoms with Gasteiger partial charge in [0, 0.05) is 6.04 Å². The summed E-state index contributed by atoms with van der Waals surface area (Å²) < 4.78 is 5.25. The third-order valence-corrected chi connectivity index (χ3v) is 3.68. The maximum atomic E-state index is 5.25. The number of rotatable bonds is 5. The van der Waals surface area contributed by atoms with Crippen LogP contribution in [0.5, 0.6) is 5.75 Å².